The molecule has 0 aromatic heterocycles. The minimum Gasteiger partial charge on any atom is -0.387 e. The van der Waals surface area contributed by atoms with Crippen LogP contribution in [0.15, 0.2) is 30.3 Å². The topological polar surface area (TPSA) is 68.2 Å². The van der Waals surface area contributed by atoms with Gasteiger partial charge in [0.2, 0.25) is 0 Å². The van der Waals surface area contributed by atoms with Gasteiger partial charge in [-0.25, -0.2) is 0 Å². The van der Waals surface area contributed by atoms with Gasteiger partial charge in [0.15, 0.2) is 6.29 Å². The molecule has 2 heterocycles. The summed E-state index contributed by atoms with van der Waals surface area (Å²) >= 11 is 1.37. The summed E-state index contributed by atoms with van der Waals surface area (Å²) in [6, 6.07) is 9.53. The Morgan fingerprint density at radius 3 is 2.55 bits per heavy atom. The molecule has 2 saturated heterocycles. The largest absolute Gasteiger partial charge is 0.387 e. The Balaban J connectivity index is 1.74. The Labute approximate surface area is 121 Å². The molecule has 1 aromatic rings. The molecule has 6 heteroatoms. The lowest BCUT2D eigenvalue weighted by atomic mass is 9.99. The Morgan fingerprint density at radius 1 is 1.10 bits per heavy atom. The highest BCUT2D eigenvalue weighted by atomic mass is 32.2. The van der Waals surface area contributed by atoms with Crippen molar-refractivity contribution in [2.45, 2.75) is 36.1 Å². The number of aliphatic hydroxyl groups is 2. The molecule has 1 aromatic carbocycles. The van der Waals surface area contributed by atoms with Gasteiger partial charge in [0.1, 0.15) is 29.9 Å². The number of hydrogen-bond donors (Lipinski definition) is 2. The summed E-state index contributed by atoms with van der Waals surface area (Å²) in [7, 11) is 0. The molecule has 2 aliphatic heterocycles. The maximum atomic E-state index is 10.2. The van der Waals surface area contributed by atoms with Gasteiger partial charge >= 0.3 is 0 Å². The van der Waals surface area contributed by atoms with Gasteiger partial charge in [-0.05, 0) is 6.26 Å². The van der Waals surface area contributed by atoms with Gasteiger partial charge in [0.25, 0.3) is 0 Å². The number of ether oxygens (including phenoxy) is 3. The summed E-state index contributed by atoms with van der Waals surface area (Å²) < 4.78 is 17.2. The Bertz CT molecular complexity index is 440. The van der Waals surface area contributed by atoms with E-state index < -0.39 is 30.0 Å². The van der Waals surface area contributed by atoms with Crippen LogP contribution in [0.4, 0.5) is 0 Å². The average Bonchev–Trinajstić information content (AvgIpc) is 2.51. The smallest absolute Gasteiger partial charge is 0.184 e. The van der Waals surface area contributed by atoms with E-state index in [0.717, 1.165) is 5.56 Å². The minimum absolute atomic E-state index is 0.338. The highest BCUT2D eigenvalue weighted by Crippen LogP contribution is 2.35. The van der Waals surface area contributed by atoms with E-state index in [1.165, 1.54) is 11.8 Å². The zero-order chi connectivity index (χ0) is 14.1. The first-order valence-electron chi connectivity index (χ1n) is 6.57. The quantitative estimate of drug-likeness (QED) is 0.846. The second kappa shape index (κ2) is 6.01. The van der Waals surface area contributed by atoms with Crippen LogP contribution in [0.1, 0.15) is 11.9 Å². The van der Waals surface area contributed by atoms with Crippen LogP contribution in [0, 0.1) is 0 Å². The number of fused-ring (bicyclic) bond motifs is 1. The van der Waals surface area contributed by atoms with E-state index in [9.17, 15) is 10.2 Å². The van der Waals surface area contributed by atoms with E-state index in [4.69, 9.17) is 14.2 Å². The molecular formula is C14H18O5S. The molecule has 2 N–H and O–H groups in total. The SMILES string of the molecule is CS[C@@H]1OC2COC(c3ccccc3)O[C@H]2C(O)[C@@H]1O. The van der Waals surface area contributed by atoms with Crippen LogP contribution in [0.25, 0.3) is 0 Å². The minimum atomic E-state index is -0.971. The molecule has 0 aliphatic carbocycles. The zero-order valence-electron chi connectivity index (χ0n) is 11.1. The standard InChI is InChI=1S/C14H18O5S/c1-20-14-11(16)10(15)12-9(18-14)7-17-13(19-12)8-5-3-2-4-6-8/h2-6,9-16H,7H2,1H3/t9?,10?,11-,12+,13?,14-/m0/s1. The van der Waals surface area contributed by atoms with E-state index in [0.29, 0.717) is 6.61 Å². The third kappa shape index (κ3) is 2.59. The third-order valence-corrected chi connectivity index (χ3v) is 4.49. The molecule has 0 amide bonds. The maximum Gasteiger partial charge on any atom is 0.184 e. The van der Waals surface area contributed by atoms with Crippen LogP contribution >= 0.6 is 11.8 Å². The van der Waals surface area contributed by atoms with Crippen LogP contribution in [-0.4, -0.2) is 52.9 Å². The lowest BCUT2D eigenvalue weighted by molar-refractivity contribution is -0.318. The van der Waals surface area contributed by atoms with Crippen molar-refractivity contribution in [3.05, 3.63) is 35.9 Å². The first kappa shape index (κ1) is 14.3. The van der Waals surface area contributed by atoms with Crippen molar-refractivity contribution in [3.8, 4) is 0 Å². The van der Waals surface area contributed by atoms with E-state index >= 15 is 0 Å². The van der Waals surface area contributed by atoms with E-state index in [-0.39, 0.29) is 6.10 Å². The molecule has 20 heavy (non-hydrogen) atoms. The molecule has 3 unspecified atom stereocenters. The lowest BCUT2D eigenvalue weighted by Gasteiger charge is -2.46. The summed E-state index contributed by atoms with van der Waals surface area (Å²) in [5, 5.41) is 20.2. The van der Waals surface area contributed by atoms with Crippen molar-refractivity contribution in [1.82, 2.24) is 0 Å². The van der Waals surface area contributed by atoms with E-state index in [1.54, 1.807) is 0 Å². The molecule has 5 nitrogen and oxygen atoms in total. The Morgan fingerprint density at radius 2 is 1.85 bits per heavy atom. The first-order chi connectivity index (χ1) is 9.70. The zero-order valence-corrected chi connectivity index (χ0v) is 11.9. The van der Waals surface area contributed by atoms with Gasteiger partial charge in [-0.15, -0.1) is 11.8 Å². The maximum absolute atomic E-state index is 10.2. The summed E-state index contributed by atoms with van der Waals surface area (Å²) in [6.07, 6.45) is -1.56. The van der Waals surface area contributed by atoms with Crippen molar-refractivity contribution >= 4 is 11.8 Å². The Kier molecular flexibility index (Phi) is 4.30. The van der Waals surface area contributed by atoms with Crippen LogP contribution in [-0.2, 0) is 14.2 Å². The molecule has 6 atom stereocenters. The summed E-state index contributed by atoms with van der Waals surface area (Å²) in [5.41, 5.74) is 0.436. The molecular weight excluding hydrogens is 280 g/mol. The number of thioether (sulfide) groups is 1. The molecule has 0 bridgehead atoms. The van der Waals surface area contributed by atoms with Crippen LogP contribution in [0.5, 0.6) is 0 Å². The van der Waals surface area contributed by atoms with Gasteiger partial charge in [-0.2, -0.15) is 0 Å². The molecule has 0 saturated carbocycles. The fourth-order valence-corrected chi connectivity index (χ4v) is 3.25. The van der Waals surface area contributed by atoms with Gasteiger partial charge in [-0.1, -0.05) is 30.3 Å². The normalized spacial score (nSPS) is 41.1. The fourth-order valence-electron chi connectivity index (χ4n) is 2.55. The molecule has 2 aliphatic rings. The molecule has 0 spiro atoms. The number of hydrogen-bond acceptors (Lipinski definition) is 6. The van der Waals surface area contributed by atoms with Crippen LogP contribution < -0.4 is 0 Å². The summed E-state index contributed by atoms with van der Waals surface area (Å²) in [5.74, 6) is 0. The molecule has 0 radical (unpaired) electrons. The van der Waals surface area contributed by atoms with Crippen molar-refractivity contribution in [2.24, 2.45) is 0 Å². The summed E-state index contributed by atoms with van der Waals surface area (Å²) in [4.78, 5) is 0. The van der Waals surface area contributed by atoms with Gasteiger partial charge in [0, 0.05) is 5.56 Å². The lowest BCUT2D eigenvalue weighted by Crippen LogP contribution is -2.60. The highest BCUT2D eigenvalue weighted by molar-refractivity contribution is 7.99. The predicted octanol–water partition coefficient (Wildman–Crippen LogP) is 0.910. The number of benzene rings is 1. The highest BCUT2D eigenvalue weighted by Gasteiger charge is 2.48. The second-order valence-corrected chi connectivity index (χ2v) is 5.87. The first-order valence-corrected chi connectivity index (χ1v) is 7.86. The van der Waals surface area contributed by atoms with E-state index in [1.807, 2.05) is 36.6 Å². The number of rotatable bonds is 2. The van der Waals surface area contributed by atoms with Crippen LogP contribution in [0.3, 0.4) is 0 Å². The molecule has 2 fully saturated rings. The van der Waals surface area contributed by atoms with Gasteiger partial charge < -0.3 is 24.4 Å². The van der Waals surface area contributed by atoms with Gasteiger partial charge in [-0.3, -0.25) is 0 Å². The molecule has 3 rings (SSSR count). The van der Waals surface area contributed by atoms with Crippen molar-refractivity contribution in [2.75, 3.05) is 12.9 Å². The van der Waals surface area contributed by atoms with Crippen molar-refractivity contribution in [1.29, 1.82) is 0 Å². The summed E-state index contributed by atoms with van der Waals surface area (Å²) in [6.45, 7) is 0.338. The fraction of sp³-hybridized carbons (Fsp3) is 0.571. The monoisotopic (exact) mass is 298 g/mol. The van der Waals surface area contributed by atoms with E-state index in [2.05, 4.69) is 0 Å². The van der Waals surface area contributed by atoms with Crippen molar-refractivity contribution in [3.63, 3.8) is 0 Å². The number of aliphatic hydroxyl groups excluding tert-OH is 2. The third-order valence-electron chi connectivity index (χ3n) is 3.64. The molecule has 110 valence electrons. The van der Waals surface area contributed by atoms with Crippen molar-refractivity contribution < 1.29 is 24.4 Å². The van der Waals surface area contributed by atoms with Gasteiger partial charge in [0.05, 0.1) is 6.61 Å². The Hall–Kier alpha value is -0.630. The second-order valence-electron chi connectivity index (χ2n) is 4.94. The average molecular weight is 298 g/mol. The van der Waals surface area contributed by atoms with Crippen LogP contribution in [0.2, 0.25) is 0 Å². The predicted molar refractivity (Wildman–Crippen MR) is 74.2 cm³/mol.